The number of amides is 1. The van der Waals surface area contributed by atoms with Gasteiger partial charge in [0, 0.05) is 61.4 Å². The summed E-state index contributed by atoms with van der Waals surface area (Å²) in [6, 6.07) is 10.8. The molecule has 33 heavy (non-hydrogen) atoms. The SMILES string of the molecule is C=C(CN1CCC(C(=O)Nc2ccc(O)c(Cl)c2)C1)N1CCN(c2cccc(Cl)c2C)CC1. The van der Waals surface area contributed by atoms with Gasteiger partial charge in [0.05, 0.1) is 10.9 Å². The summed E-state index contributed by atoms with van der Waals surface area (Å²) in [5.41, 5.74) is 4.03. The summed E-state index contributed by atoms with van der Waals surface area (Å²) in [5.74, 6) is -0.0906. The number of aromatic hydroxyl groups is 1. The van der Waals surface area contributed by atoms with Crippen LogP contribution in [-0.2, 0) is 4.79 Å². The van der Waals surface area contributed by atoms with Crippen LogP contribution in [0.4, 0.5) is 11.4 Å². The van der Waals surface area contributed by atoms with Gasteiger partial charge in [0.1, 0.15) is 5.75 Å². The summed E-state index contributed by atoms with van der Waals surface area (Å²) in [6.45, 7) is 12.5. The number of phenolic OH excluding ortho intramolecular Hbond substituents is 1. The molecule has 2 N–H and O–H groups in total. The number of hydrogen-bond donors (Lipinski definition) is 2. The van der Waals surface area contributed by atoms with Crippen molar-refractivity contribution in [2.75, 3.05) is 56.0 Å². The Morgan fingerprint density at radius 1 is 1.12 bits per heavy atom. The fourth-order valence-corrected chi connectivity index (χ4v) is 4.93. The van der Waals surface area contributed by atoms with E-state index >= 15 is 0 Å². The summed E-state index contributed by atoms with van der Waals surface area (Å²) >= 11 is 12.2. The minimum atomic E-state index is -0.0759. The molecule has 2 fully saturated rings. The van der Waals surface area contributed by atoms with Crippen LogP contribution in [0.15, 0.2) is 48.7 Å². The van der Waals surface area contributed by atoms with Crippen LogP contribution < -0.4 is 10.2 Å². The average molecular weight is 489 g/mol. The van der Waals surface area contributed by atoms with Crippen molar-refractivity contribution in [1.29, 1.82) is 0 Å². The summed E-state index contributed by atoms with van der Waals surface area (Å²) in [7, 11) is 0. The minimum Gasteiger partial charge on any atom is -0.506 e. The van der Waals surface area contributed by atoms with Gasteiger partial charge in [-0.2, -0.15) is 0 Å². The van der Waals surface area contributed by atoms with Crippen LogP contribution in [0.1, 0.15) is 12.0 Å². The average Bonchev–Trinajstić information content (AvgIpc) is 3.27. The summed E-state index contributed by atoms with van der Waals surface area (Å²) in [4.78, 5) is 19.7. The Hall–Kier alpha value is -2.41. The van der Waals surface area contributed by atoms with Gasteiger partial charge in [0.2, 0.25) is 5.91 Å². The number of halogens is 2. The van der Waals surface area contributed by atoms with E-state index in [0.29, 0.717) is 12.2 Å². The van der Waals surface area contributed by atoms with E-state index < -0.39 is 0 Å². The first-order chi connectivity index (χ1) is 15.8. The second-order valence-corrected chi connectivity index (χ2v) is 9.61. The molecule has 0 saturated carbocycles. The molecule has 2 aromatic carbocycles. The largest absolute Gasteiger partial charge is 0.506 e. The molecule has 2 aromatic rings. The molecular weight excluding hydrogens is 459 g/mol. The number of rotatable bonds is 6. The van der Waals surface area contributed by atoms with Crippen molar-refractivity contribution >= 4 is 40.5 Å². The third-order valence-corrected chi connectivity index (χ3v) is 7.28. The Balaban J connectivity index is 1.24. The fourth-order valence-electron chi connectivity index (χ4n) is 4.58. The number of likely N-dealkylation sites (tertiary alicyclic amines) is 1. The number of nitrogens with zero attached hydrogens (tertiary/aromatic N) is 3. The predicted octanol–water partition coefficient (Wildman–Crippen LogP) is 4.60. The maximum Gasteiger partial charge on any atom is 0.228 e. The highest BCUT2D eigenvalue weighted by atomic mass is 35.5. The minimum absolute atomic E-state index is 0.00348. The van der Waals surface area contributed by atoms with E-state index in [9.17, 15) is 9.90 Å². The molecule has 0 spiro atoms. The molecule has 0 aromatic heterocycles. The van der Waals surface area contributed by atoms with E-state index in [-0.39, 0.29) is 22.6 Å². The zero-order valence-electron chi connectivity index (χ0n) is 18.9. The molecule has 0 bridgehead atoms. The molecule has 176 valence electrons. The predicted molar refractivity (Wildman–Crippen MR) is 135 cm³/mol. The molecule has 1 atom stereocenters. The number of carbonyl (C=O) groups is 1. The van der Waals surface area contributed by atoms with Crippen LogP contribution in [-0.4, -0.2) is 66.6 Å². The van der Waals surface area contributed by atoms with E-state index in [4.69, 9.17) is 23.2 Å². The van der Waals surface area contributed by atoms with Gasteiger partial charge in [-0.3, -0.25) is 9.69 Å². The second-order valence-electron chi connectivity index (χ2n) is 8.80. The smallest absolute Gasteiger partial charge is 0.228 e. The zero-order valence-corrected chi connectivity index (χ0v) is 20.4. The monoisotopic (exact) mass is 488 g/mol. The maximum absolute atomic E-state index is 12.7. The zero-order chi connectivity index (χ0) is 23.5. The number of carbonyl (C=O) groups excluding carboxylic acids is 1. The molecule has 6 nitrogen and oxygen atoms in total. The Kier molecular flexibility index (Phi) is 7.37. The molecule has 0 radical (unpaired) electrons. The van der Waals surface area contributed by atoms with E-state index in [1.54, 1.807) is 12.1 Å². The number of hydrogen-bond acceptors (Lipinski definition) is 5. The van der Waals surface area contributed by atoms with Crippen molar-refractivity contribution in [3.63, 3.8) is 0 Å². The number of piperazine rings is 1. The molecule has 8 heteroatoms. The van der Waals surface area contributed by atoms with E-state index in [0.717, 1.165) is 62.0 Å². The van der Waals surface area contributed by atoms with Crippen LogP contribution in [0.2, 0.25) is 10.0 Å². The lowest BCUT2D eigenvalue weighted by Gasteiger charge is -2.39. The highest BCUT2D eigenvalue weighted by Crippen LogP contribution is 2.29. The standard InChI is InChI=1S/C25H30Cl2N4O2/c1-17(30-10-12-31(13-11-30)23-5-3-4-21(26)18(23)2)15-29-9-8-19(16-29)25(33)28-20-6-7-24(32)22(27)14-20/h3-7,14,19,32H,1,8-13,15-16H2,2H3,(H,28,33). The van der Waals surface area contributed by atoms with E-state index in [1.807, 2.05) is 12.1 Å². The van der Waals surface area contributed by atoms with Gasteiger partial charge in [0.25, 0.3) is 0 Å². The summed E-state index contributed by atoms with van der Waals surface area (Å²) < 4.78 is 0. The van der Waals surface area contributed by atoms with Gasteiger partial charge in [-0.25, -0.2) is 0 Å². The molecule has 2 aliphatic rings. The number of benzene rings is 2. The van der Waals surface area contributed by atoms with Crippen LogP contribution in [0.25, 0.3) is 0 Å². The summed E-state index contributed by atoms with van der Waals surface area (Å²) in [5, 5.41) is 13.5. The molecule has 1 amide bonds. The highest BCUT2D eigenvalue weighted by Gasteiger charge is 2.29. The van der Waals surface area contributed by atoms with Gasteiger partial charge in [0.15, 0.2) is 0 Å². The van der Waals surface area contributed by atoms with E-state index in [1.165, 1.54) is 11.8 Å². The number of anilines is 2. The Bertz CT molecular complexity index is 1040. The Labute approximate surface area is 205 Å². The Morgan fingerprint density at radius 2 is 1.88 bits per heavy atom. The first-order valence-electron chi connectivity index (χ1n) is 11.3. The fraction of sp³-hybridized carbons (Fsp3) is 0.400. The molecule has 2 heterocycles. The molecule has 0 aliphatic carbocycles. The van der Waals surface area contributed by atoms with Crippen LogP contribution in [0.5, 0.6) is 5.75 Å². The van der Waals surface area contributed by atoms with Gasteiger partial charge < -0.3 is 20.2 Å². The number of nitrogens with one attached hydrogen (secondary N) is 1. The van der Waals surface area contributed by atoms with Crippen LogP contribution >= 0.6 is 23.2 Å². The molecule has 1 unspecified atom stereocenters. The topological polar surface area (TPSA) is 59.1 Å². The van der Waals surface area contributed by atoms with Crippen molar-refractivity contribution < 1.29 is 9.90 Å². The van der Waals surface area contributed by atoms with Crippen molar-refractivity contribution in [2.45, 2.75) is 13.3 Å². The van der Waals surface area contributed by atoms with Crippen molar-refractivity contribution in [2.24, 2.45) is 5.92 Å². The first-order valence-corrected chi connectivity index (χ1v) is 12.0. The van der Waals surface area contributed by atoms with Crippen LogP contribution in [0, 0.1) is 12.8 Å². The number of phenols is 1. The van der Waals surface area contributed by atoms with Gasteiger partial charge in [-0.05, 0) is 55.8 Å². The van der Waals surface area contributed by atoms with E-state index in [2.05, 4.69) is 39.6 Å². The highest BCUT2D eigenvalue weighted by molar-refractivity contribution is 6.32. The van der Waals surface area contributed by atoms with Crippen molar-refractivity contribution in [1.82, 2.24) is 9.80 Å². The lowest BCUT2D eigenvalue weighted by molar-refractivity contribution is -0.119. The molecular formula is C25H30Cl2N4O2. The van der Waals surface area contributed by atoms with Crippen molar-refractivity contribution in [3.8, 4) is 5.75 Å². The van der Waals surface area contributed by atoms with Crippen molar-refractivity contribution in [3.05, 3.63) is 64.3 Å². The summed E-state index contributed by atoms with van der Waals surface area (Å²) in [6.07, 6.45) is 0.812. The van der Waals surface area contributed by atoms with Crippen LogP contribution in [0.3, 0.4) is 0 Å². The van der Waals surface area contributed by atoms with Gasteiger partial charge in [-0.1, -0.05) is 35.8 Å². The normalized spacial score (nSPS) is 19.1. The second kappa shape index (κ2) is 10.2. The Morgan fingerprint density at radius 3 is 2.61 bits per heavy atom. The molecule has 2 aliphatic heterocycles. The van der Waals surface area contributed by atoms with Gasteiger partial charge >= 0.3 is 0 Å². The third kappa shape index (κ3) is 5.57. The molecule has 2 saturated heterocycles. The molecule has 4 rings (SSSR count). The van der Waals surface area contributed by atoms with Gasteiger partial charge in [-0.15, -0.1) is 0 Å². The first kappa shape index (κ1) is 23.7. The quantitative estimate of drug-likeness (QED) is 0.581. The third-order valence-electron chi connectivity index (χ3n) is 6.57. The lowest BCUT2D eigenvalue weighted by Crippen LogP contribution is -2.47. The maximum atomic E-state index is 12.7. The lowest BCUT2D eigenvalue weighted by atomic mass is 10.1.